The molecule has 3 heterocycles. The van der Waals surface area contributed by atoms with Crippen molar-refractivity contribution >= 4 is 11.1 Å². The average molecular weight is 575 g/mol. The fourth-order valence-electron chi connectivity index (χ4n) is 7.32. The number of benzene rings is 1. The lowest BCUT2D eigenvalue weighted by molar-refractivity contribution is -0.0357. The molecule has 3 fully saturated rings. The summed E-state index contributed by atoms with van der Waals surface area (Å²) in [7, 11) is 4.02. The molecule has 0 radical (unpaired) electrons. The zero-order chi connectivity index (χ0) is 29.5. The summed E-state index contributed by atoms with van der Waals surface area (Å²) in [5.41, 5.74) is 5.54. The highest BCUT2D eigenvalue weighted by Crippen LogP contribution is 2.50. The zero-order valence-corrected chi connectivity index (χ0v) is 26.9. The van der Waals surface area contributed by atoms with Gasteiger partial charge in [0.1, 0.15) is 11.5 Å². The van der Waals surface area contributed by atoms with Crippen LogP contribution in [0.25, 0.3) is 11.1 Å². The van der Waals surface area contributed by atoms with Crippen molar-refractivity contribution in [2.75, 3.05) is 40.3 Å². The summed E-state index contributed by atoms with van der Waals surface area (Å²) in [6, 6.07) is 8.63. The van der Waals surface area contributed by atoms with Crippen molar-refractivity contribution in [3.05, 3.63) is 59.1 Å². The Morgan fingerprint density at radius 3 is 2.52 bits per heavy atom. The Morgan fingerprint density at radius 2 is 1.86 bits per heavy atom. The molecule has 1 aromatic carbocycles. The molecule has 2 saturated heterocycles. The molecule has 5 nitrogen and oxygen atoms in total. The molecule has 1 spiro atoms. The minimum absolute atomic E-state index is 0.289. The predicted octanol–water partition coefficient (Wildman–Crippen LogP) is 8.60. The molecule has 2 aliphatic heterocycles. The maximum absolute atomic E-state index is 6.60. The van der Waals surface area contributed by atoms with Crippen molar-refractivity contribution in [2.24, 2.45) is 11.3 Å². The van der Waals surface area contributed by atoms with Crippen molar-refractivity contribution in [3.8, 4) is 11.5 Å². The topological polar surface area (TPSA) is 46.9 Å². The summed E-state index contributed by atoms with van der Waals surface area (Å²) in [4.78, 5) is 2.47. The lowest BCUT2D eigenvalue weighted by Crippen LogP contribution is -2.49. The van der Waals surface area contributed by atoms with Crippen LogP contribution in [0, 0.1) is 25.2 Å². The van der Waals surface area contributed by atoms with E-state index in [9.17, 15) is 0 Å². The third-order valence-electron chi connectivity index (χ3n) is 10.0. The van der Waals surface area contributed by atoms with E-state index in [1.165, 1.54) is 73.9 Å². The van der Waals surface area contributed by atoms with Gasteiger partial charge in [-0.05, 0) is 163 Å². The largest absolute Gasteiger partial charge is 0.493 e. The number of nitrogens with one attached hydrogen (secondary N) is 1. The first-order valence-corrected chi connectivity index (χ1v) is 16.6. The van der Waals surface area contributed by atoms with Crippen LogP contribution in [-0.4, -0.2) is 51.3 Å². The van der Waals surface area contributed by atoms with Gasteiger partial charge >= 0.3 is 0 Å². The van der Waals surface area contributed by atoms with Crippen LogP contribution in [0.2, 0.25) is 0 Å². The Labute approximate surface area is 254 Å². The second-order valence-corrected chi connectivity index (χ2v) is 13.4. The number of likely N-dealkylation sites (tertiary alicyclic amines) is 1. The molecule has 0 bridgehead atoms. The summed E-state index contributed by atoms with van der Waals surface area (Å²) >= 11 is 0. The Kier molecular flexibility index (Phi) is 10.5. The first-order valence-electron chi connectivity index (χ1n) is 16.6. The Balaban J connectivity index is 1.38. The van der Waals surface area contributed by atoms with Crippen LogP contribution in [-0.2, 0) is 0 Å². The fourth-order valence-corrected chi connectivity index (χ4v) is 7.32. The molecular weight excluding hydrogens is 520 g/mol. The van der Waals surface area contributed by atoms with Crippen molar-refractivity contribution in [3.63, 3.8) is 0 Å². The standard InChI is InChI=1S/C37H54N2O3/c1-6-7-10-31(34-13-12-28(3)41-34)23-30(11-8-9-29-14-20-39(4)21-15-29)33-24-35(40-5)36(22-27(33)2)42-32-25-37(26-32)16-18-38-19-17-37/h10,12-13,22-24,29,32,38H,6-9,11,14-21,25-26H2,1-5H3/b30-23-,31-10-. The average Bonchev–Trinajstić information content (AvgIpc) is 3.41. The van der Waals surface area contributed by atoms with Gasteiger partial charge in [0.2, 0.25) is 0 Å². The van der Waals surface area contributed by atoms with E-state index in [4.69, 9.17) is 13.9 Å². The van der Waals surface area contributed by atoms with Gasteiger partial charge in [-0.3, -0.25) is 0 Å². The lowest BCUT2D eigenvalue weighted by atomic mass is 9.62. The summed E-state index contributed by atoms with van der Waals surface area (Å²) in [5, 5.41) is 3.51. The molecular formula is C37H54N2O3. The number of piperidine rings is 2. The molecule has 0 amide bonds. The van der Waals surface area contributed by atoms with E-state index in [1.807, 2.05) is 6.92 Å². The molecule has 1 N–H and O–H groups in total. The number of hydrogen-bond acceptors (Lipinski definition) is 5. The van der Waals surface area contributed by atoms with Gasteiger partial charge < -0.3 is 24.1 Å². The second kappa shape index (κ2) is 14.3. The number of nitrogens with zero attached hydrogens (tertiary/aromatic N) is 1. The third-order valence-corrected chi connectivity index (χ3v) is 10.0. The number of aryl methyl sites for hydroxylation is 2. The summed E-state index contributed by atoms with van der Waals surface area (Å²) < 4.78 is 18.7. The van der Waals surface area contributed by atoms with Crippen LogP contribution in [0.5, 0.6) is 11.5 Å². The highest BCUT2D eigenvalue weighted by Gasteiger charge is 2.46. The van der Waals surface area contributed by atoms with Crippen molar-refractivity contribution in [1.29, 1.82) is 0 Å². The third kappa shape index (κ3) is 7.71. The molecule has 3 aliphatic rings. The SMILES string of the molecule is CCC/C=C(/C=C(/CCCC1CCN(C)CC1)c1cc(OC)c(OC2CC3(CCNCC3)C2)cc1C)c1ccc(C)o1. The van der Waals surface area contributed by atoms with Crippen LogP contribution in [0.1, 0.15) is 100 Å². The summed E-state index contributed by atoms with van der Waals surface area (Å²) in [5.74, 6) is 4.47. The zero-order valence-electron chi connectivity index (χ0n) is 26.9. The summed E-state index contributed by atoms with van der Waals surface area (Å²) in [6.45, 7) is 11.2. The predicted molar refractivity (Wildman–Crippen MR) is 174 cm³/mol. The van der Waals surface area contributed by atoms with Crippen molar-refractivity contribution in [1.82, 2.24) is 10.2 Å². The molecule has 42 heavy (non-hydrogen) atoms. The van der Waals surface area contributed by atoms with Crippen LogP contribution in [0.3, 0.4) is 0 Å². The van der Waals surface area contributed by atoms with Crippen LogP contribution in [0.15, 0.2) is 40.8 Å². The monoisotopic (exact) mass is 574 g/mol. The molecule has 1 aliphatic carbocycles. The number of allylic oxidation sites excluding steroid dienone is 4. The number of hydrogen-bond donors (Lipinski definition) is 1. The van der Waals surface area contributed by atoms with E-state index in [2.05, 4.69) is 67.5 Å². The maximum Gasteiger partial charge on any atom is 0.161 e. The molecule has 0 atom stereocenters. The van der Waals surface area contributed by atoms with Crippen molar-refractivity contribution in [2.45, 2.75) is 97.5 Å². The normalized spacial score (nSPS) is 20.6. The highest BCUT2D eigenvalue weighted by molar-refractivity contribution is 5.84. The summed E-state index contributed by atoms with van der Waals surface area (Å²) in [6.07, 6.45) is 18.2. The van der Waals surface area contributed by atoms with Gasteiger partial charge in [-0.15, -0.1) is 0 Å². The van der Waals surface area contributed by atoms with Gasteiger partial charge in [0.25, 0.3) is 0 Å². The van der Waals surface area contributed by atoms with Gasteiger partial charge in [0.05, 0.1) is 13.2 Å². The molecule has 5 heteroatoms. The van der Waals surface area contributed by atoms with Crippen LogP contribution >= 0.6 is 0 Å². The quantitative estimate of drug-likeness (QED) is 0.257. The van der Waals surface area contributed by atoms with Gasteiger partial charge in [-0.1, -0.05) is 25.8 Å². The minimum Gasteiger partial charge on any atom is -0.493 e. The number of methoxy groups -OCH3 is 1. The lowest BCUT2D eigenvalue weighted by Gasteiger charge is -2.49. The molecule has 2 aromatic rings. The number of furan rings is 1. The molecule has 1 aromatic heterocycles. The van der Waals surface area contributed by atoms with Gasteiger partial charge in [-0.25, -0.2) is 0 Å². The first-order chi connectivity index (χ1) is 20.4. The minimum atomic E-state index is 0.289. The van der Waals surface area contributed by atoms with E-state index >= 15 is 0 Å². The molecule has 230 valence electrons. The highest BCUT2D eigenvalue weighted by atomic mass is 16.5. The van der Waals surface area contributed by atoms with E-state index in [0.717, 1.165) is 74.1 Å². The Bertz CT molecular complexity index is 1220. The molecule has 5 rings (SSSR count). The van der Waals surface area contributed by atoms with E-state index in [-0.39, 0.29) is 6.10 Å². The van der Waals surface area contributed by atoms with Gasteiger partial charge in [-0.2, -0.15) is 0 Å². The van der Waals surface area contributed by atoms with Crippen molar-refractivity contribution < 1.29 is 13.9 Å². The number of unbranched alkanes of at least 4 members (excludes halogenated alkanes) is 1. The Hall–Kier alpha value is -2.50. The van der Waals surface area contributed by atoms with Crippen LogP contribution < -0.4 is 14.8 Å². The molecule has 0 unspecified atom stereocenters. The smallest absolute Gasteiger partial charge is 0.161 e. The van der Waals surface area contributed by atoms with E-state index < -0.39 is 0 Å². The first kappa shape index (κ1) is 30.9. The molecule has 1 saturated carbocycles. The van der Waals surface area contributed by atoms with E-state index in [1.54, 1.807) is 7.11 Å². The Morgan fingerprint density at radius 1 is 1.10 bits per heavy atom. The second-order valence-electron chi connectivity index (χ2n) is 13.4. The maximum atomic E-state index is 6.60. The fraction of sp³-hybridized carbons (Fsp3) is 0.622. The number of rotatable bonds is 12. The van der Waals surface area contributed by atoms with E-state index in [0.29, 0.717) is 5.41 Å². The van der Waals surface area contributed by atoms with Gasteiger partial charge in [0.15, 0.2) is 11.5 Å². The number of ether oxygens (including phenoxy) is 2. The van der Waals surface area contributed by atoms with Gasteiger partial charge in [0, 0.05) is 5.57 Å². The van der Waals surface area contributed by atoms with Crippen LogP contribution in [0.4, 0.5) is 0 Å².